The van der Waals surface area contributed by atoms with Gasteiger partial charge in [0.05, 0.1) is 10.6 Å². The van der Waals surface area contributed by atoms with Crippen molar-refractivity contribution in [2.75, 3.05) is 4.90 Å². The van der Waals surface area contributed by atoms with Crippen LogP contribution in [0.15, 0.2) is 58.7 Å². The van der Waals surface area contributed by atoms with E-state index in [-0.39, 0.29) is 11.8 Å². The molecule has 6 heteroatoms. The molecule has 2 aromatic rings. The molecule has 0 bridgehead atoms. The van der Waals surface area contributed by atoms with Crippen molar-refractivity contribution >= 4 is 29.3 Å². The van der Waals surface area contributed by atoms with Crippen LogP contribution in [0.2, 0.25) is 0 Å². The second-order valence-electron chi connectivity index (χ2n) is 4.41. The van der Waals surface area contributed by atoms with Gasteiger partial charge in [-0.2, -0.15) is 0 Å². The Hall–Kier alpha value is -2.47. The van der Waals surface area contributed by atoms with Crippen molar-refractivity contribution in [1.82, 2.24) is 9.97 Å². The third-order valence-corrected chi connectivity index (χ3v) is 3.77. The minimum absolute atomic E-state index is 0.328. The summed E-state index contributed by atoms with van der Waals surface area (Å²) in [6.45, 7) is 1.85. The third kappa shape index (κ3) is 2.71. The zero-order chi connectivity index (χ0) is 14.8. The fourth-order valence-electron chi connectivity index (χ4n) is 1.92. The lowest BCUT2D eigenvalue weighted by Crippen LogP contribution is -2.30. The maximum atomic E-state index is 12.4. The minimum atomic E-state index is -0.346. The molecule has 0 saturated carbocycles. The Bertz CT molecular complexity index is 744. The number of amides is 2. The minimum Gasteiger partial charge on any atom is -0.269 e. The van der Waals surface area contributed by atoms with E-state index in [9.17, 15) is 9.59 Å². The van der Waals surface area contributed by atoms with Crippen molar-refractivity contribution in [3.8, 4) is 0 Å². The van der Waals surface area contributed by atoms with Gasteiger partial charge in [-0.25, -0.2) is 14.9 Å². The van der Waals surface area contributed by atoms with Gasteiger partial charge in [-0.05, 0) is 36.9 Å². The quantitative estimate of drug-likeness (QED) is 0.642. The molecule has 1 aliphatic heterocycles. The van der Waals surface area contributed by atoms with E-state index >= 15 is 0 Å². The molecule has 3 rings (SSSR count). The Morgan fingerprint density at radius 2 is 1.86 bits per heavy atom. The molecular formula is C15H11N3O2S. The predicted molar refractivity (Wildman–Crippen MR) is 79.6 cm³/mol. The number of anilines is 1. The topological polar surface area (TPSA) is 63.2 Å². The van der Waals surface area contributed by atoms with Crippen LogP contribution in [0, 0.1) is 6.92 Å². The SMILES string of the molecule is Cc1ccnc(SC2=CC(=O)N(c3ccccc3)C2=O)n1. The van der Waals surface area contributed by atoms with Gasteiger partial charge in [0.1, 0.15) is 0 Å². The molecule has 104 valence electrons. The molecule has 0 radical (unpaired) electrons. The number of aromatic nitrogens is 2. The van der Waals surface area contributed by atoms with Crippen molar-refractivity contribution in [2.45, 2.75) is 12.1 Å². The van der Waals surface area contributed by atoms with Crippen molar-refractivity contribution in [3.63, 3.8) is 0 Å². The Labute approximate surface area is 125 Å². The summed E-state index contributed by atoms with van der Waals surface area (Å²) >= 11 is 1.10. The first-order chi connectivity index (χ1) is 10.1. The van der Waals surface area contributed by atoms with E-state index in [1.54, 1.807) is 36.5 Å². The molecule has 0 atom stereocenters. The van der Waals surface area contributed by atoms with Gasteiger partial charge < -0.3 is 0 Å². The highest BCUT2D eigenvalue weighted by atomic mass is 32.2. The summed E-state index contributed by atoms with van der Waals surface area (Å²) in [6, 6.07) is 10.6. The zero-order valence-corrected chi connectivity index (χ0v) is 12.0. The van der Waals surface area contributed by atoms with Crippen LogP contribution < -0.4 is 4.90 Å². The molecule has 0 saturated heterocycles. The largest absolute Gasteiger partial charge is 0.272 e. The fourth-order valence-corrected chi connectivity index (χ4v) is 2.76. The molecule has 0 N–H and O–H groups in total. The molecule has 0 unspecified atom stereocenters. The van der Waals surface area contributed by atoms with Crippen LogP contribution in [0.25, 0.3) is 0 Å². The number of aryl methyl sites for hydroxylation is 1. The molecule has 1 aliphatic rings. The Morgan fingerprint density at radius 3 is 2.57 bits per heavy atom. The maximum absolute atomic E-state index is 12.4. The van der Waals surface area contributed by atoms with Crippen molar-refractivity contribution in [2.24, 2.45) is 0 Å². The Morgan fingerprint density at radius 1 is 1.10 bits per heavy atom. The second kappa shape index (κ2) is 5.49. The van der Waals surface area contributed by atoms with Crippen molar-refractivity contribution < 1.29 is 9.59 Å². The lowest BCUT2D eigenvalue weighted by molar-refractivity contribution is -0.120. The summed E-state index contributed by atoms with van der Waals surface area (Å²) in [4.78, 5) is 34.2. The summed E-state index contributed by atoms with van der Waals surface area (Å²) in [6.07, 6.45) is 2.95. The Balaban J connectivity index is 1.84. The van der Waals surface area contributed by atoms with Crippen molar-refractivity contribution in [1.29, 1.82) is 0 Å². The van der Waals surface area contributed by atoms with Gasteiger partial charge in [0, 0.05) is 18.0 Å². The van der Waals surface area contributed by atoms with E-state index in [1.807, 2.05) is 13.0 Å². The van der Waals surface area contributed by atoms with Gasteiger partial charge in [-0.1, -0.05) is 18.2 Å². The van der Waals surface area contributed by atoms with Crippen molar-refractivity contribution in [3.05, 3.63) is 59.3 Å². The normalized spacial score (nSPS) is 14.5. The van der Waals surface area contributed by atoms with Crippen LogP contribution in [-0.4, -0.2) is 21.8 Å². The van der Waals surface area contributed by atoms with Crippen LogP contribution in [0.4, 0.5) is 5.69 Å². The average molecular weight is 297 g/mol. The average Bonchev–Trinajstić information content (AvgIpc) is 2.74. The molecule has 0 spiro atoms. The molecule has 0 aliphatic carbocycles. The smallest absolute Gasteiger partial charge is 0.269 e. The highest BCUT2D eigenvalue weighted by Crippen LogP contribution is 2.31. The number of hydrogen-bond acceptors (Lipinski definition) is 5. The molecule has 21 heavy (non-hydrogen) atoms. The summed E-state index contributed by atoms with van der Waals surface area (Å²) in [5, 5.41) is 0.456. The van der Waals surface area contributed by atoms with E-state index in [0.717, 1.165) is 22.4 Å². The first kappa shape index (κ1) is 13.5. The van der Waals surface area contributed by atoms with Gasteiger partial charge in [0.2, 0.25) is 0 Å². The van der Waals surface area contributed by atoms with Gasteiger partial charge in [-0.3, -0.25) is 9.59 Å². The maximum Gasteiger partial charge on any atom is 0.272 e. The number of imide groups is 1. The molecule has 1 aromatic heterocycles. The van der Waals surface area contributed by atoms with Gasteiger partial charge in [-0.15, -0.1) is 0 Å². The number of benzene rings is 1. The number of thioether (sulfide) groups is 1. The van der Waals surface area contributed by atoms with E-state index in [0.29, 0.717) is 15.7 Å². The van der Waals surface area contributed by atoms with Crippen LogP contribution >= 0.6 is 11.8 Å². The Kier molecular flexibility index (Phi) is 3.53. The highest BCUT2D eigenvalue weighted by Gasteiger charge is 2.33. The summed E-state index contributed by atoms with van der Waals surface area (Å²) in [5.41, 5.74) is 1.37. The zero-order valence-electron chi connectivity index (χ0n) is 11.2. The summed E-state index contributed by atoms with van der Waals surface area (Å²) < 4.78 is 0. The predicted octanol–water partition coefficient (Wildman–Crippen LogP) is 2.33. The van der Waals surface area contributed by atoms with Gasteiger partial charge >= 0.3 is 0 Å². The second-order valence-corrected chi connectivity index (χ2v) is 5.41. The number of carbonyl (C=O) groups excluding carboxylic acids is 2. The standard InChI is InChI=1S/C15H11N3O2S/c1-10-7-8-16-15(17-10)21-12-9-13(19)18(14(12)20)11-5-3-2-4-6-11/h2-9H,1H3. The number of para-hydroxylation sites is 1. The molecule has 2 amide bonds. The number of rotatable bonds is 3. The molecule has 5 nitrogen and oxygen atoms in total. The lowest BCUT2D eigenvalue weighted by atomic mass is 10.3. The van der Waals surface area contributed by atoms with Crippen LogP contribution in [0.5, 0.6) is 0 Å². The monoisotopic (exact) mass is 297 g/mol. The first-order valence-corrected chi connectivity index (χ1v) is 7.09. The molecular weight excluding hydrogens is 286 g/mol. The van der Waals surface area contributed by atoms with E-state index in [1.165, 1.54) is 6.08 Å². The summed E-state index contributed by atoms with van der Waals surface area (Å²) in [7, 11) is 0. The lowest BCUT2D eigenvalue weighted by Gasteiger charge is -2.14. The van der Waals surface area contributed by atoms with Crippen LogP contribution in [0.1, 0.15) is 5.69 Å². The molecule has 1 aromatic carbocycles. The van der Waals surface area contributed by atoms with E-state index < -0.39 is 0 Å². The molecule has 2 heterocycles. The molecule has 0 fully saturated rings. The number of carbonyl (C=O) groups is 2. The first-order valence-electron chi connectivity index (χ1n) is 6.28. The van der Waals surface area contributed by atoms with Gasteiger partial charge in [0.15, 0.2) is 5.16 Å². The van der Waals surface area contributed by atoms with E-state index in [4.69, 9.17) is 0 Å². The van der Waals surface area contributed by atoms with Gasteiger partial charge in [0.25, 0.3) is 11.8 Å². The highest BCUT2D eigenvalue weighted by molar-refractivity contribution is 8.04. The van der Waals surface area contributed by atoms with E-state index in [2.05, 4.69) is 9.97 Å². The number of hydrogen-bond donors (Lipinski definition) is 0. The summed E-state index contributed by atoms with van der Waals surface area (Å²) in [5.74, 6) is -0.692. The number of nitrogens with zero attached hydrogens (tertiary/aromatic N) is 3. The fraction of sp³-hybridized carbons (Fsp3) is 0.0667. The third-order valence-electron chi connectivity index (χ3n) is 2.88. The van der Waals surface area contributed by atoms with Crippen LogP contribution in [0.3, 0.4) is 0 Å². The van der Waals surface area contributed by atoms with Crippen LogP contribution in [-0.2, 0) is 9.59 Å².